The maximum absolute atomic E-state index is 13.8. The van der Waals surface area contributed by atoms with E-state index in [1.165, 1.54) is 6.07 Å². The van der Waals surface area contributed by atoms with Crippen molar-refractivity contribution in [2.24, 2.45) is 5.92 Å². The number of rotatable bonds is 6. The van der Waals surface area contributed by atoms with Crippen molar-refractivity contribution in [3.8, 4) is 0 Å². The van der Waals surface area contributed by atoms with Gasteiger partial charge in [-0.1, -0.05) is 32.0 Å². The standard InChI is InChI=1S/C17H25FN2O.ClH/c1-17(2,14-5-3-4-6-15(14)18)12-20-16(21)8-7-13-9-10-19-11-13;/h3-6,13,19H,7-12H2,1-2H3,(H,20,21);1H. The van der Waals surface area contributed by atoms with Crippen molar-refractivity contribution in [3.05, 3.63) is 35.6 Å². The van der Waals surface area contributed by atoms with Gasteiger partial charge in [-0.15, -0.1) is 12.4 Å². The van der Waals surface area contributed by atoms with Crippen molar-refractivity contribution >= 4 is 18.3 Å². The minimum absolute atomic E-state index is 0. The van der Waals surface area contributed by atoms with Crippen LogP contribution >= 0.6 is 12.4 Å². The average molecular weight is 329 g/mol. The molecule has 1 aliphatic rings. The van der Waals surface area contributed by atoms with Crippen molar-refractivity contribution in [2.75, 3.05) is 19.6 Å². The molecule has 22 heavy (non-hydrogen) atoms. The van der Waals surface area contributed by atoms with Gasteiger partial charge in [-0.2, -0.15) is 0 Å². The Morgan fingerprint density at radius 1 is 1.41 bits per heavy atom. The van der Waals surface area contributed by atoms with Crippen LogP contribution in [0.15, 0.2) is 24.3 Å². The lowest BCUT2D eigenvalue weighted by molar-refractivity contribution is -0.121. The van der Waals surface area contributed by atoms with E-state index in [0.29, 0.717) is 24.4 Å². The molecule has 3 nitrogen and oxygen atoms in total. The Hall–Kier alpha value is -1.13. The molecule has 1 saturated heterocycles. The van der Waals surface area contributed by atoms with E-state index in [2.05, 4.69) is 10.6 Å². The molecule has 0 aliphatic carbocycles. The normalized spacial score (nSPS) is 17.9. The first-order valence-corrected chi connectivity index (χ1v) is 7.71. The van der Waals surface area contributed by atoms with E-state index in [1.807, 2.05) is 19.9 Å². The second-order valence-corrected chi connectivity index (χ2v) is 6.54. The molecule has 2 N–H and O–H groups in total. The molecule has 0 radical (unpaired) electrons. The number of carbonyl (C=O) groups is 1. The van der Waals surface area contributed by atoms with E-state index >= 15 is 0 Å². The molecule has 1 atom stereocenters. The molecule has 1 amide bonds. The van der Waals surface area contributed by atoms with Crippen molar-refractivity contribution in [1.29, 1.82) is 0 Å². The lowest BCUT2D eigenvalue weighted by Crippen LogP contribution is -2.37. The summed E-state index contributed by atoms with van der Waals surface area (Å²) in [4.78, 5) is 11.9. The largest absolute Gasteiger partial charge is 0.355 e. The zero-order chi connectivity index (χ0) is 15.3. The quantitative estimate of drug-likeness (QED) is 0.842. The maximum atomic E-state index is 13.8. The van der Waals surface area contributed by atoms with Crippen molar-refractivity contribution in [3.63, 3.8) is 0 Å². The summed E-state index contributed by atoms with van der Waals surface area (Å²) in [6.07, 6.45) is 2.65. The Morgan fingerprint density at radius 3 is 2.77 bits per heavy atom. The highest BCUT2D eigenvalue weighted by molar-refractivity contribution is 5.85. The molecule has 0 aromatic heterocycles. The highest BCUT2D eigenvalue weighted by Crippen LogP contribution is 2.25. The van der Waals surface area contributed by atoms with Gasteiger partial charge in [-0.05, 0) is 43.5 Å². The fraction of sp³-hybridized carbons (Fsp3) is 0.588. The first kappa shape index (κ1) is 18.9. The molecule has 1 aromatic carbocycles. The summed E-state index contributed by atoms with van der Waals surface area (Å²) in [5, 5.41) is 6.25. The Morgan fingerprint density at radius 2 is 2.14 bits per heavy atom. The van der Waals surface area contributed by atoms with E-state index in [0.717, 1.165) is 25.9 Å². The number of halogens is 2. The monoisotopic (exact) mass is 328 g/mol. The molecule has 124 valence electrons. The minimum Gasteiger partial charge on any atom is -0.355 e. The van der Waals surface area contributed by atoms with Crippen LogP contribution in [-0.2, 0) is 10.2 Å². The number of hydrogen-bond acceptors (Lipinski definition) is 2. The maximum Gasteiger partial charge on any atom is 0.220 e. The SMILES string of the molecule is CC(C)(CNC(=O)CCC1CCNC1)c1ccccc1F.Cl. The number of hydrogen-bond donors (Lipinski definition) is 2. The van der Waals surface area contributed by atoms with Gasteiger partial charge in [0.1, 0.15) is 5.82 Å². The zero-order valence-corrected chi connectivity index (χ0v) is 14.1. The first-order valence-electron chi connectivity index (χ1n) is 7.71. The highest BCUT2D eigenvalue weighted by Gasteiger charge is 2.24. The summed E-state index contributed by atoms with van der Waals surface area (Å²) in [6.45, 7) is 6.44. The third kappa shape index (κ3) is 5.25. The molecular formula is C17H26ClFN2O. The van der Waals surface area contributed by atoms with Crippen LogP contribution in [0.2, 0.25) is 0 Å². The van der Waals surface area contributed by atoms with Crippen LogP contribution in [0.25, 0.3) is 0 Å². The Bertz CT molecular complexity index is 487. The van der Waals surface area contributed by atoms with Crippen LogP contribution in [0.1, 0.15) is 38.7 Å². The summed E-state index contributed by atoms with van der Waals surface area (Å²) >= 11 is 0. The van der Waals surface area contributed by atoms with Gasteiger partial charge in [-0.3, -0.25) is 4.79 Å². The van der Waals surface area contributed by atoms with E-state index in [9.17, 15) is 9.18 Å². The Balaban J connectivity index is 0.00000242. The summed E-state index contributed by atoms with van der Waals surface area (Å²) in [7, 11) is 0. The fourth-order valence-electron chi connectivity index (χ4n) is 2.81. The molecular weight excluding hydrogens is 303 g/mol. The van der Waals surface area contributed by atoms with Gasteiger partial charge in [0, 0.05) is 18.4 Å². The number of amides is 1. The smallest absolute Gasteiger partial charge is 0.220 e. The number of nitrogens with one attached hydrogen (secondary N) is 2. The lowest BCUT2D eigenvalue weighted by atomic mass is 9.84. The van der Waals surface area contributed by atoms with Crippen molar-refractivity contribution in [2.45, 2.75) is 38.5 Å². The van der Waals surface area contributed by atoms with Crippen LogP contribution < -0.4 is 10.6 Å². The van der Waals surface area contributed by atoms with E-state index in [1.54, 1.807) is 12.1 Å². The summed E-state index contributed by atoms with van der Waals surface area (Å²) < 4.78 is 13.8. The molecule has 1 heterocycles. The lowest BCUT2D eigenvalue weighted by Gasteiger charge is -2.26. The molecule has 1 unspecified atom stereocenters. The van der Waals surface area contributed by atoms with Crippen LogP contribution in [0.5, 0.6) is 0 Å². The predicted octanol–water partition coefficient (Wildman–Crippen LogP) is 3.03. The van der Waals surface area contributed by atoms with Crippen LogP contribution in [0, 0.1) is 11.7 Å². The predicted molar refractivity (Wildman–Crippen MR) is 89.9 cm³/mol. The van der Waals surface area contributed by atoms with E-state index < -0.39 is 5.41 Å². The average Bonchev–Trinajstić information content (AvgIpc) is 2.96. The molecule has 2 rings (SSSR count). The highest BCUT2D eigenvalue weighted by atomic mass is 35.5. The second kappa shape index (κ2) is 8.49. The zero-order valence-electron chi connectivity index (χ0n) is 13.3. The van der Waals surface area contributed by atoms with Gasteiger partial charge in [0.25, 0.3) is 0 Å². The van der Waals surface area contributed by atoms with Gasteiger partial charge in [0.2, 0.25) is 5.91 Å². The second-order valence-electron chi connectivity index (χ2n) is 6.54. The molecule has 0 saturated carbocycles. The van der Waals surface area contributed by atoms with Crippen LogP contribution in [0.3, 0.4) is 0 Å². The summed E-state index contributed by atoms with van der Waals surface area (Å²) in [5.41, 5.74) is 0.237. The van der Waals surface area contributed by atoms with E-state index in [-0.39, 0.29) is 24.1 Å². The van der Waals surface area contributed by atoms with Crippen LogP contribution in [0.4, 0.5) is 4.39 Å². The fourth-order valence-corrected chi connectivity index (χ4v) is 2.81. The molecule has 1 fully saturated rings. The van der Waals surface area contributed by atoms with Gasteiger partial charge < -0.3 is 10.6 Å². The molecule has 5 heteroatoms. The third-order valence-corrected chi connectivity index (χ3v) is 4.27. The van der Waals surface area contributed by atoms with Crippen molar-refractivity contribution in [1.82, 2.24) is 10.6 Å². The van der Waals surface area contributed by atoms with Crippen LogP contribution in [-0.4, -0.2) is 25.5 Å². The van der Waals surface area contributed by atoms with Gasteiger partial charge >= 0.3 is 0 Å². The number of carbonyl (C=O) groups excluding carboxylic acids is 1. The summed E-state index contributed by atoms with van der Waals surface area (Å²) in [6, 6.07) is 6.76. The summed E-state index contributed by atoms with van der Waals surface area (Å²) in [5.74, 6) is 0.468. The van der Waals surface area contributed by atoms with E-state index in [4.69, 9.17) is 0 Å². The van der Waals surface area contributed by atoms with Gasteiger partial charge in [0.15, 0.2) is 0 Å². The first-order chi connectivity index (χ1) is 9.99. The third-order valence-electron chi connectivity index (χ3n) is 4.27. The molecule has 0 spiro atoms. The van der Waals surface area contributed by atoms with Crippen molar-refractivity contribution < 1.29 is 9.18 Å². The number of benzene rings is 1. The Labute approximate surface area is 138 Å². The minimum atomic E-state index is -0.407. The topological polar surface area (TPSA) is 41.1 Å². The molecule has 0 bridgehead atoms. The van der Waals surface area contributed by atoms with Gasteiger partial charge in [-0.25, -0.2) is 4.39 Å². The Kier molecular flexibility index (Phi) is 7.30. The molecule has 1 aliphatic heterocycles. The molecule has 1 aromatic rings. The van der Waals surface area contributed by atoms with Gasteiger partial charge in [0.05, 0.1) is 0 Å².